The van der Waals surface area contributed by atoms with Crippen molar-refractivity contribution in [1.82, 2.24) is 35.5 Å². The molecule has 142 valence electrons. The third-order valence-corrected chi connectivity index (χ3v) is 3.88. The van der Waals surface area contributed by atoms with Crippen LogP contribution in [0, 0.1) is 0 Å². The van der Waals surface area contributed by atoms with Crippen molar-refractivity contribution in [2.24, 2.45) is 0 Å². The maximum atomic E-state index is 12.0. The number of pyridine rings is 1. The molecule has 0 aliphatic carbocycles. The third-order valence-electron chi connectivity index (χ3n) is 3.88. The first kappa shape index (κ1) is 18.6. The Kier molecular flexibility index (Phi) is 6.14. The number of rotatable bonds is 8. The topological polar surface area (TPSA) is 111 Å². The predicted octanol–water partition coefficient (Wildman–Crippen LogP) is 2.21. The van der Waals surface area contributed by atoms with Gasteiger partial charge in [-0.25, -0.2) is 14.5 Å². The van der Waals surface area contributed by atoms with E-state index in [0.717, 1.165) is 12.0 Å². The molecule has 0 aliphatic rings. The van der Waals surface area contributed by atoms with Crippen LogP contribution in [0.4, 0.5) is 4.79 Å². The number of aryl methyl sites for hydroxylation is 1. The average molecular weight is 369 g/mol. The number of carbonyl (C=O) groups is 1. The summed E-state index contributed by atoms with van der Waals surface area (Å²) in [5.41, 5.74) is 0.878. The second-order valence-electron chi connectivity index (χ2n) is 6.35. The van der Waals surface area contributed by atoms with Gasteiger partial charge in [0.25, 0.3) is 0 Å². The summed E-state index contributed by atoms with van der Waals surface area (Å²) in [5, 5.41) is 13.8. The van der Waals surface area contributed by atoms with E-state index in [1.54, 1.807) is 17.1 Å². The van der Waals surface area contributed by atoms with Gasteiger partial charge in [0.15, 0.2) is 11.6 Å². The molecule has 3 heterocycles. The van der Waals surface area contributed by atoms with E-state index in [4.69, 9.17) is 4.52 Å². The van der Waals surface area contributed by atoms with Crippen LogP contribution in [0.15, 0.2) is 41.3 Å². The molecule has 0 atom stereocenters. The molecule has 0 saturated heterocycles. The van der Waals surface area contributed by atoms with Crippen LogP contribution in [0.1, 0.15) is 43.5 Å². The zero-order valence-electron chi connectivity index (χ0n) is 15.4. The van der Waals surface area contributed by atoms with Gasteiger partial charge in [-0.15, -0.1) is 0 Å². The molecule has 3 aromatic heterocycles. The van der Waals surface area contributed by atoms with E-state index >= 15 is 0 Å². The molecule has 0 spiro atoms. The number of hydrogen-bond donors (Lipinski definition) is 2. The van der Waals surface area contributed by atoms with Gasteiger partial charge in [0.2, 0.25) is 5.89 Å². The number of hydrogen-bond acceptors (Lipinski definition) is 6. The molecule has 0 radical (unpaired) electrons. The third kappa shape index (κ3) is 5.13. The van der Waals surface area contributed by atoms with Crippen molar-refractivity contribution in [3.05, 3.63) is 54.1 Å². The van der Waals surface area contributed by atoms with Crippen molar-refractivity contribution in [2.75, 3.05) is 6.54 Å². The van der Waals surface area contributed by atoms with Gasteiger partial charge in [-0.2, -0.15) is 10.1 Å². The number of urea groups is 1. The molecule has 3 rings (SSSR count). The molecule has 0 unspecified atom stereocenters. The second kappa shape index (κ2) is 8.93. The van der Waals surface area contributed by atoms with Crippen LogP contribution >= 0.6 is 0 Å². The Morgan fingerprint density at radius 3 is 2.89 bits per heavy atom. The van der Waals surface area contributed by atoms with Crippen molar-refractivity contribution in [3.63, 3.8) is 0 Å². The van der Waals surface area contributed by atoms with Crippen molar-refractivity contribution >= 4 is 6.03 Å². The summed E-state index contributed by atoms with van der Waals surface area (Å²) < 4.78 is 6.85. The van der Waals surface area contributed by atoms with Gasteiger partial charge >= 0.3 is 6.03 Å². The largest absolute Gasteiger partial charge is 0.339 e. The standard InChI is InChI=1S/C18H23N7O2/c1-13(2)16-23-15(27-24-16)7-4-9-20-18(26)21-12-14-6-3-8-19-17(14)25-11-5-10-22-25/h3,5-6,8,10-11,13H,4,7,9,12H2,1-2H3,(H2,20,21,26). The van der Waals surface area contributed by atoms with Crippen molar-refractivity contribution < 1.29 is 9.32 Å². The van der Waals surface area contributed by atoms with E-state index in [1.165, 1.54) is 0 Å². The lowest BCUT2D eigenvalue weighted by Crippen LogP contribution is -2.36. The molecular weight excluding hydrogens is 346 g/mol. The van der Waals surface area contributed by atoms with E-state index < -0.39 is 0 Å². The van der Waals surface area contributed by atoms with Gasteiger partial charge in [-0.3, -0.25) is 0 Å². The summed E-state index contributed by atoms with van der Waals surface area (Å²) in [5.74, 6) is 2.24. The van der Waals surface area contributed by atoms with Gasteiger partial charge in [-0.1, -0.05) is 25.1 Å². The molecule has 3 aromatic rings. The quantitative estimate of drug-likeness (QED) is 0.589. The molecule has 9 heteroatoms. The molecule has 0 fully saturated rings. The van der Waals surface area contributed by atoms with E-state index in [-0.39, 0.29) is 11.9 Å². The van der Waals surface area contributed by atoms with Crippen molar-refractivity contribution in [3.8, 4) is 5.82 Å². The molecule has 2 N–H and O–H groups in total. The summed E-state index contributed by atoms with van der Waals surface area (Å²) in [6.07, 6.45) is 6.55. The fraction of sp³-hybridized carbons (Fsp3) is 0.389. The number of nitrogens with zero attached hydrogens (tertiary/aromatic N) is 5. The fourth-order valence-electron chi connectivity index (χ4n) is 2.45. The second-order valence-corrected chi connectivity index (χ2v) is 6.35. The Morgan fingerprint density at radius 2 is 2.15 bits per heavy atom. The van der Waals surface area contributed by atoms with E-state index in [2.05, 4.69) is 30.9 Å². The number of nitrogens with one attached hydrogen (secondary N) is 2. The summed E-state index contributed by atoms with van der Waals surface area (Å²) in [6, 6.07) is 5.33. The van der Waals surface area contributed by atoms with Gasteiger partial charge in [0.1, 0.15) is 0 Å². The lowest BCUT2D eigenvalue weighted by Gasteiger charge is -2.10. The summed E-state index contributed by atoms with van der Waals surface area (Å²) in [7, 11) is 0. The zero-order valence-corrected chi connectivity index (χ0v) is 15.4. The Balaban J connectivity index is 1.41. The minimum absolute atomic E-state index is 0.237. The van der Waals surface area contributed by atoms with Gasteiger partial charge in [-0.05, 0) is 18.6 Å². The molecule has 2 amide bonds. The van der Waals surface area contributed by atoms with Crippen LogP contribution in [0.2, 0.25) is 0 Å². The van der Waals surface area contributed by atoms with Crippen LogP contribution in [0.25, 0.3) is 5.82 Å². The smallest absolute Gasteiger partial charge is 0.315 e. The first-order valence-electron chi connectivity index (χ1n) is 8.91. The molecule has 27 heavy (non-hydrogen) atoms. The van der Waals surface area contributed by atoms with Crippen molar-refractivity contribution in [2.45, 2.75) is 39.2 Å². The SMILES string of the molecule is CC(C)c1noc(CCCNC(=O)NCc2cccnc2-n2cccn2)n1. The maximum absolute atomic E-state index is 12.0. The van der Waals surface area contributed by atoms with E-state index in [9.17, 15) is 4.79 Å². The van der Waals surface area contributed by atoms with Crippen molar-refractivity contribution in [1.29, 1.82) is 0 Å². The van der Waals surface area contributed by atoms with Gasteiger partial charge in [0, 0.05) is 49.6 Å². The molecule has 0 aliphatic heterocycles. The van der Waals surface area contributed by atoms with Gasteiger partial charge in [0.05, 0.1) is 0 Å². The summed E-state index contributed by atoms with van der Waals surface area (Å²) >= 11 is 0. The highest BCUT2D eigenvalue weighted by Crippen LogP contribution is 2.11. The Hall–Kier alpha value is -3.23. The predicted molar refractivity (Wildman–Crippen MR) is 98.3 cm³/mol. The minimum atomic E-state index is -0.237. The number of amides is 2. The van der Waals surface area contributed by atoms with E-state index in [1.807, 2.05) is 38.2 Å². The monoisotopic (exact) mass is 369 g/mol. The lowest BCUT2D eigenvalue weighted by molar-refractivity contribution is 0.240. The molecule has 9 nitrogen and oxygen atoms in total. The van der Waals surface area contributed by atoms with E-state index in [0.29, 0.717) is 37.0 Å². The Morgan fingerprint density at radius 1 is 1.26 bits per heavy atom. The van der Waals surface area contributed by atoms with Crippen LogP contribution in [0.5, 0.6) is 0 Å². The molecule has 0 bridgehead atoms. The first-order valence-corrected chi connectivity index (χ1v) is 8.91. The van der Waals surface area contributed by atoms with Crippen LogP contribution < -0.4 is 10.6 Å². The molecule has 0 aromatic carbocycles. The average Bonchev–Trinajstić information content (AvgIpc) is 3.35. The lowest BCUT2D eigenvalue weighted by atomic mass is 10.2. The highest BCUT2D eigenvalue weighted by Gasteiger charge is 2.10. The number of aromatic nitrogens is 5. The Bertz CT molecular complexity index is 858. The zero-order chi connectivity index (χ0) is 19.1. The van der Waals surface area contributed by atoms with Crippen LogP contribution in [-0.2, 0) is 13.0 Å². The normalized spacial score (nSPS) is 10.9. The maximum Gasteiger partial charge on any atom is 0.315 e. The Labute approximate surface area is 157 Å². The first-order chi connectivity index (χ1) is 13.1. The fourth-order valence-corrected chi connectivity index (χ4v) is 2.45. The highest BCUT2D eigenvalue weighted by molar-refractivity contribution is 5.73. The highest BCUT2D eigenvalue weighted by atomic mass is 16.5. The number of carbonyl (C=O) groups excluding carboxylic acids is 1. The molecule has 0 saturated carbocycles. The minimum Gasteiger partial charge on any atom is -0.339 e. The summed E-state index contributed by atoms with van der Waals surface area (Å²) in [6.45, 7) is 4.90. The van der Waals surface area contributed by atoms with Crippen LogP contribution in [-0.4, -0.2) is 37.5 Å². The summed E-state index contributed by atoms with van der Waals surface area (Å²) in [4.78, 5) is 20.6. The van der Waals surface area contributed by atoms with Gasteiger partial charge < -0.3 is 15.2 Å². The molecular formula is C18H23N7O2. The van der Waals surface area contributed by atoms with Crippen LogP contribution in [0.3, 0.4) is 0 Å².